The first-order valence-electron chi connectivity index (χ1n) is 7.90. The van der Waals surface area contributed by atoms with Gasteiger partial charge < -0.3 is 20.1 Å². The number of thioether (sulfide) groups is 1. The smallest absolute Gasteiger partial charge is 0.353 e. The number of ether oxygens (including phenoxy) is 1. The van der Waals surface area contributed by atoms with Gasteiger partial charge in [0.2, 0.25) is 11.8 Å². The van der Waals surface area contributed by atoms with Crippen LogP contribution in [0.3, 0.4) is 0 Å². The Morgan fingerprint density at radius 1 is 1.44 bits per heavy atom. The van der Waals surface area contributed by atoms with Crippen molar-refractivity contribution in [2.75, 3.05) is 6.61 Å². The number of hydrogen-bond donors (Lipinski definition) is 2. The minimum Gasteiger partial charge on any atom is -0.477 e. The SMILES string of the molecule is CCC(=O)NC=CSC1=C(C(=O)O)N2C(=O)[C@@H](CCOC(C)=O)[C@H]2C1. The van der Waals surface area contributed by atoms with Crippen LogP contribution >= 0.6 is 11.8 Å². The second kappa shape index (κ2) is 8.19. The molecule has 0 aromatic carbocycles. The van der Waals surface area contributed by atoms with Gasteiger partial charge >= 0.3 is 11.9 Å². The Bertz CT molecular complexity index is 657. The molecule has 2 aliphatic rings. The Hall–Kier alpha value is -2.29. The molecule has 25 heavy (non-hydrogen) atoms. The number of carbonyl (C=O) groups is 4. The van der Waals surface area contributed by atoms with E-state index in [-0.39, 0.29) is 36.1 Å². The molecule has 136 valence electrons. The summed E-state index contributed by atoms with van der Waals surface area (Å²) in [6.07, 6.45) is 2.63. The molecule has 2 heterocycles. The van der Waals surface area contributed by atoms with E-state index in [0.717, 1.165) is 0 Å². The monoisotopic (exact) mass is 368 g/mol. The maximum atomic E-state index is 12.2. The molecule has 2 aliphatic heterocycles. The molecule has 0 spiro atoms. The summed E-state index contributed by atoms with van der Waals surface area (Å²) in [5.41, 5.74) is -0.00444. The molecule has 2 N–H and O–H groups in total. The van der Waals surface area contributed by atoms with Gasteiger partial charge in [0.1, 0.15) is 5.70 Å². The fourth-order valence-corrected chi connectivity index (χ4v) is 3.72. The van der Waals surface area contributed by atoms with Crippen LogP contribution in [-0.4, -0.2) is 46.4 Å². The van der Waals surface area contributed by atoms with Crippen molar-refractivity contribution < 1.29 is 29.0 Å². The third kappa shape index (κ3) is 4.22. The molecular weight excluding hydrogens is 348 g/mol. The van der Waals surface area contributed by atoms with Crippen LogP contribution in [-0.2, 0) is 23.9 Å². The lowest BCUT2D eigenvalue weighted by atomic mass is 9.85. The van der Waals surface area contributed by atoms with Crippen molar-refractivity contribution in [2.45, 2.75) is 39.2 Å². The zero-order chi connectivity index (χ0) is 18.6. The molecule has 0 radical (unpaired) electrons. The van der Waals surface area contributed by atoms with Crippen LogP contribution < -0.4 is 5.32 Å². The molecule has 2 rings (SSSR count). The number of carboxylic acid groups (broad SMARTS) is 1. The number of β-lactam (4-membered cyclic amide) rings is 1. The number of rotatable bonds is 8. The molecule has 0 saturated carbocycles. The highest BCUT2D eigenvalue weighted by Crippen LogP contribution is 2.47. The summed E-state index contributed by atoms with van der Waals surface area (Å²) in [5.74, 6) is -2.29. The van der Waals surface area contributed by atoms with Crippen molar-refractivity contribution in [3.8, 4) is 0 Å². The highest BCUT2D eigenvalue weighted by molar-refractivity contribution is 8.05. The summed E-state index contributed by atoms with van der Waals surface area (Å²) >= 11 is 1.18. The van der Waals surface area contributed by atoms with Gasteiger partial charge in [0.15, 0.2) is 0 Å². The molecule has 8 nitrogen and oxygen atoms in total. The lowest BCUT2D eigenvalue weighted by Gasteiger charge is -2.43. The maximum Gasteiger partial charge on any atom is 0.353 e. The molecule has 1 saturated heterocycles. The van der Waals surface area contributed by atoms with E-state index in [2.05, 4.69) is 5.32 Å². The number of nitrogens with one attached hydrogen (secondary N) is 1. The maximum absolute atomic E-state index is 12.2. The lowest BCUT2D eigenvalue weighted by molar-refractivity contribution is -0.157. The Morgan fingerprint density at radius 3 is 2.76 bits per heavy atom. The number of hydrogen-bond acceptors (Lipinski definition) is 6. The molecule has 9 heteroatoms. The number of nitrogens with zero attached hydrogens (tertiary/aromatic N) is 1. The number of aliphatic carboxylic acids is 1. The molecule has 0 aromatic heterocycles. The van der Waals surface area contributed by atoms with Crippen LogP contribution in [0.1, 0.15) is 33.1 Å². The normalized spacial score (nSPS) is 22.0. The summed E-state index contributed by atoms with van der Waals surface area (Å²) < 4.78 is 4.86. The third-order valence-electron chi connectivity index (χ3n) is 4.03. The minimum atomic E-state index is -1.15. The summed E-state index contributed by atoms with van der Waals surface area (Å²) in [7, 11) is 0. The predicted octanol–water partition coefficient (Wildman–Crippen LogP) is 1.20. The van der Waals surface area contributed by atoms with Gasteiger partial charge in [-0.3, -0.25) is 14.4 Å². The highest BCUT2D eigenvalue weighted by atomic mass is 32.2. The second-order valence-corrected chi connectivity index (χ2v) is 6.63. The molecular formula is C16H20N2O6S. The van der Waals surface area contributed by atoms with E-state index in [9.17, 15) is 24.3 Å². The topological polar surface area (TPSA) is 113 Å². The number of carboxylic acids is 1. The average Bonchev–Trinajstić information content (AvgIpc) is 2.90. The number of esters is 1. The molecule has 0 unspecified atom stereocenters. The second-order valence-electron chi connectivity index (χ2n) is 5.63. The minimum absolute atomic E-state index is 0.00444. The van der Waals surface area contributed by atoms with E-state index in [1.54, 1.807) is 12.3 Å². The quantitative estimate of drug-likeness (QED) is 0.489. The zero-order valence-electron chi connectivity index (χ0n) is 14.0. The van der Waals surface area contributed by atoms with Crippen molar-refractivity contribution in [3.63, 3.8) is 0 Å². The van der Waals surface area contributed by atoms with E-state index in [1.807, 2.05) is 0 Å². The summed E-state index contributed by atoms with van der Waals surface area (Å²) in [6, 6.07) is -0.213. The van der Waals surface area contributed by atoms with Gasteiger partial charge in [-0.1, -0.05) is 18.7 Å². The van der Waals surface area contributed by atoms with Crippen molar-refractivity contribution in [1.82, 2.24) is 10.2 Å². The Kier molecular flexibility index (Phi) is 6.24. The van der Waals surface area contributed by atoms with Gasteiger partial charge in [0, 0.05) is 30.9 Å². The first-order chi connectivity index (χ1) is 11.9. The van der Waals surface area contributed by atoms with Crippen molar-refractivity contribution in [2.24, 2.45) is 5.92 Å². The summed E-state index contributed by atoms with van der Waals surface area (Å²) in [6.45, 7) is 3.17. The van der Waals surface area contributed by atoms with Gasteiger partial charge in [-0.15, -0.1) is 0 Å². The number of amides is 2. The Labute approximate surface area is 149 Å². The van der Waals surface area contributed by atoms with E-state index in [0.29, 0.717) is 24.2 Å². The van der Waals surface area contributed by atoms with Crippen LogP contribution in [0.5, 0.6) is 0 Å². The van der Waals surface area contributed by atoms with Gasteiger partial charge in [0.25, 0.3) is 0 Å². The molecule has 1 fully saturated rings. The summed E-state index contributed by atoms with van der Waals surface area (Å²) in [4.78, 5) is 47.6. The van der Waals surface area contributed by atoms with Crippen molar-refractivity contribution in [3.05, 3.63) is 22.2 Å². The predicted molar refractivity (Wildman–Crippen MR) is 89.8 cm³/mol. The fourth-order valence-electron chi connectivity index (χ4n) is 2.85. The van der Waals surface area contributed by atoms with Crippen LogP contribution in [0.25, 0.3) is 0 Å². The first-order valence-corrected chi connectivity index (χ1v) is 8.78. The fraction of sp³-hybridized carbons (Fsp3) is 0.500. The molecule has 0 aromatic rings. The van der Waals surface area contributed by atoms with Crippen molar-refractivity contribution in [1.29, 1.82) is 0 Å². The standard InChI is InChI=1S/C16H20N2O6S/c1-3-13(20)17-5-7-25-12-8-11-10(4-6-24-9(2)19)15(21)18(11)14(12)16(22)23/h5,7,10-11H,3-4,6,8H2,1-2H3,(H,17,20)(H,22,23)/t10-,11+/m0/s1. The van der Waals surface area contributed by atoms with Crippen molar-refractivity contribution >= 4 is 35.5 Å². The third-order valence-corrected chi connectivity index (χ3v) is 4.95. The number of carbonyl (C=O) groups excluding carboxylic acids is 3. The van der Waals surface area contributed by atoms with Gasteiger partial charge in [-0.2, -0.15) is 0 Å². The Balaban J connectivity index is 1.99. The van der Waals surface area contributed by atoms with Crippen LogP contribution in [0.2, 0.25) is 0 Å². The van der Waals surface area contributed by atoms with Crippen LogP contribution in [0, 0.1) is 5.92 Å². The molecule has 0 bridgehead atoms. The molecule has 2 amide bonds. The largest absolute Gasteiger partial charge is 0.477 e. The average molecular weight is 368 g/mol. The Morgan fingerprint density at radius 2 is 2.16 bits per heavy atom. The van der Waals surface area contributed by atoms with E-state index in [4.69, 9.17) is 4.74 Å². The zero-order valence-corrected chi connectivity index (χ0v) is 14.8. The van der Waals surface area contributed by atoms with E-state index >= 15 is 0 Å². The lowest BCUT2D eigenvalue weighted by Crippen LogP contribution is -2.58. The van der Waals surface area contributed by atoms with E-state index in [1.165, 1.54) is 29.8 Å². The first kappa shape index (κ1) is 19.0. The number of fused-ring (bicyclic) bond motifs is 1. The van der Waals surface area contributed by atoms with Gasteiger partial charge in [0.05, 0.1) is 18.6 Å². The molecule has 0 aliphatic carbocycles. The van der Waals surface area contributed by atoms with Gasteiger partial charge in [-0.05, 0) is 11.8 Å². The van der Waals surface area contributed by atoms with Crippen LogP contribution in [0.15, 0.2) is 22.2 Å². The molecule has 2 atom stereocenters. The highest BCUT2D eigenvalue weighted by Gasteiger charge is 2.54. The van der Waals surface area contributed by atoms with Crippen LogP contribution in [0.4, 0.5) is 0 Å². The van der Waals surface area contributed by atoms with E-state index < -0.39 is 11.9 Å². The van der Waals surface area contributed by atoms with Gasteiger partial charge in [-0.25, -0.2) is 4.79 Å². The summed E-state index contributed by atoms with van der Waals surface area (Å²) in [5, 5.41) is 13.6.